The van der Waals surface area contributed by atoms with Crippen LogP contribution >= 0.6 is 0 Å². The number of β-amino-alcohol motifs (C(OH)–C–C–N with tert-alkyl or cyclic N) is 2. The van der Waals surface area contributed by atoms with Crippen molar-refractivity contribution in [3.05, 3.63) is 12.2 Å². The molecule has 0 spiro atoms. The van der Waals surface area contributed by atoms with Crippen molar-refractivity contribution in [2.24, 2.45) is 0 Å². The first-order valence-electron chi connectivity index (χ1n) is 12.1. The maximum Gasteiger partial charge on any atom is 0.247 e. The van der Waals surface area contributed by atoms with Crippen LogP contribution in [0.25, 0.3) is 0 Å². The van der Waals surface area contributed by atoms with Crippen molar-refractivity contribution in [1.82, 2.24) is 4.90 Å². The first kappa shape index (κ1) is 25.2. The molecule has 4 nitrogen and oxygen atoms in total. The lowest BCUT2D eigenvalue weighted by Crippen LogP contribution is -2.32. The number of unbranched alkanes of at least 4 members (excludes halogenated alkanes) is 11. The average Bonchev–Trinajstić information content (AvgIpc) is 3.07. The molecule has 1 heterocycles. The van der Waals surface area contributed by atoms with Gasteiger partial charge in [0.25, 0.3) is 0 Å². The van der Waals surface area contributed by atoms with Gasteiger partial charge in [-0.25, -0.2) is 0 Å². The van der Waals surface area contributed by atoms with Crippen LogP contribution in [-0.2, 0) is 0 Å². The second-order valence-corrected chi connectivity index (χ2v) is 8.17. The second kappa shape index (κ2) is 18.2. The molecule has 0 aromatic heterocycles. The molecule has 0 atom stereocenters. The van der Waals surface area contributed by atoms with E-state index >= 15 is 0 Å². The highest BCUT2D eigenvalue weighted by atomic mass is 16.3. The lowest BCUT2D eigenvalue weighted by atomic mass is 10.1. The summed E-state index contributed by atoms with van der Waals surface area (Å²) in [5, 5.41) is 18.5. The Hall–Kier alpha value is -0.870. The van der Waals surface area contributed by atoms with E-state index in [9.17, 15) is 10.2 Å². The van der Waals surface area contributed by atoms with E-state index in [1.807, 2.05) is 0 Å². The Morgan fingerprint density at radius 1 is 0.821 bits per heavy atom. The van der Waals surface area contributed by atoms with E-state index in [0.29, 0.717) is 0 Å². The summed E-state index contributed by atoms with van der Waals surface area (Å²) in [6.07, 6.45) is 23.1. The summed E-state index contributed by atoms with van der Waals surface area (Å²) in [6.45, 7) is 6.12. The Labute approximate surface area is 174 Å². The molecule has 0 aromatic rings. The summed E-state index contributed by atoms with van der Waals surface area (Å²) in [5.41, 5.74) is 0. The van der Waals surface area contributed by atoms with Crippen molar-refractivity contribution >= 4 is 5.84 Å². The van der Waals surface area contributed by atoms with Crippen LogP contribution in [0.4, 0.5) is 0 Å². The van der Waals surface area contributed by atoms with E-state index in [2.05, 4.69) is 28.6 Å². The van der Waals surface area contributed by atoms with Gasteiger partial charge in [0.1, 0.15) is 26.2 Å². The first-order valence-corrected chi connectivity index (χ1v) is 12.1. The Morgan fingerprint density at radius 2 is 1.43 bits per heavy atom. The van der Waals surface area contributed by atoms with E-state index in [-0.39, 0.29) is 13.2 Å². The zero-order valence-electron chi connectivity index (χ0n) is 18.6. The molecule has 0 saturated heterocycles. The van der Waals surface area contributed by atoms with Crippen LogP contribution < -0.4 is 0 Å². The van der Waals surface area contributed by atoms with Crippen molar-refractivity contribution in [2.45, 2.75) is 96.8 Å². The van der Waals surface area contributed by atoms with Crippen LogP contribution in [0.5, 0.6) is 0 Å². The van der Waals surface area contributed by atoms with E-state index in [1.165, 1.54) is 89.3 Å². The number of hydrogen-bond acceptors (Lipinski definition) is 3. The van der Waals surface area contributed by atoms with Gasteiger partial charge in [-0.1, -0.05) is 70.4 Å². The maximum atomic E-state index is 9.24. The molecule has 4 heteroatoms. The fraction of sp³-hybridized carbons (Fsp3) is 0.875. The predicted octanol–water partition coefficient (Wildman–Crippen LogP) is 4.74. The highest BCUT2D eigenvalue weighted by molar-refractivity contribution is 5.78. The number of rotatable bonds is 19. The van der Waals surface area contributed by atoms with Crippen LogP contribution in [0.2, 0.25) is 0 Å². The lowest BCUT2D eigenvalue weighted by Gasteiger charge is -2.12. The Kier molecular flexibility index (Phi) is 16.3. The molecule has 164 valence electrons. The van der Waals surface area contributed by atoms with Gasteiger partial charge in [0.15, 0.2) is 0 Å². The number of allylic oxidation sites excluding steroid dienone is 2. The van der Waals surface area contributed by atoms with Gasteiger partial charge in [0, 0.05) is 6.42 Å². The minimum absolute atomic E-state index is 0.211. The zero-order valence-corrected chi connectivity index (χ0v) is 18.6. The number of aliphatic hydroxyl groups is 2. The van der Waals surface area contributed by atoms with Gasteiger partial charge in [0.2, 0.25) is 5.84 Å². The normalized spacial score (nSPS) is 14.8. The van der Waals surface area contributed by atoms with Crippen molar-refractivity contribution < 1.29 is 14.8 Å². The van der Waals surface area contributed by atoms with Crippen LogP contribution in [0.1, 0.15) is 96.8 Å². The van der Waals surface area contributed by atoms with Crippen LogP contribution in [0.15, 0.2) is 12.2 Å². The van der Waals surface area contributed by atoms with Gasteiger partial charge in [-0.15, -0.1) is 0 Å². The molecule has 0 radical (unpaired) electrons. The number of nitrogens with zero attached hydrogens (tertiary/aromatic N) is 2. The van der Waals surface area contributed by atoms with Crippen molar-refractivity contribution in [3.63, 3.8) is 0 Å². The largest absolute Gasteiger partial charge is 0.392 e. The Morgan fingerprint density at radius 3 is 2.04 bits per heavy atom. The number of amidine groups is 1. The van der Waals surface area contributed by atoms with Crippen molar-refractivity contribution in [1.29, 1.82) is 0 Å². The highest BCUT2D eigenvalue weighted by Crippen LogP contribution is 2.13. The minimum atomic E-state index is 0.211. The quantitative estimate of drug-likeness (QED) is 0.189. The van der Waals surface area contributed by atoms with Crippen LogP contribution in [0.3, 0.4) is 0 Å². The van der Waals surface area contributed by atoms with Crippen molar-refractivity contribution in [3.8, 4) is 0 Å². The predicted molar refractivity (Wildman–Crippen MR) is 120 cm³/mol. The second-order valence-electron chi connectivity index (χ2n) is 8.17. The average molecular weight is 396 g/mol. The SMILES string of the molecule is CCCCCCCC/C=C/CCCCCCCC1=[N+](CCO)CCN1CCO. The van der Waals surface area contributed by atoms with Crippen molar-refractivity contribution in [2.75, 3.05) is 39.4 Å². The third-order valence-electron chi connectivity index (χ3n) is 5.77. The van der Waals surface area contributed by atoms with E-state index in [1.54, 1.807) is 0 Å². The molecule has 0 aromatic carbocycles. The zero-order chi connectivity index (χ0) is 20.3. The van der Waals surface area contributed by atoms with Crippen LogP contribution in [0, 0.1) is 0 Å². The molecule has 0 saturated carbocycles. The topological polar surface area (TPSA) is 46.7 Å². The standard InChI is InChI=1S/C24H47N2O2/c1-2-3-4-5-6-7-8-9-10-11-12-13-14-15-16-17-24-25(20-22-27)18-19-26(24)21-23-28/h9-10,27-28H,2-8,11-23H2,1H3/q+1/b10-9+. The maximum absolute atomic E-state index is 9.24. The van der Waals surface area contributed by atoms with E-state index < -0.39 is 0 Å². The fourth-order valence-electron chi connectivity index (χ4n) is 4.09. The highest BCUT2D eigenvalue weighted by Gasteiger charge is 2.28. The first-order chi connectivity index (χ1) is 13.8. The number of hydrogen-bond donors (Lipinski definition) is 2. The summed E-state index contributed by atoms with van der Waals surface area (Å²) in [5.74, 6) is 1.33. The molecule has 0 fully saturated rings. The molecule has 2 N–H and O–H groups in total. The summed E-state index contributed by atoms with van der Waals surface area (Å²) < 4.78 is 2.30. The molecule has 0 bridgehead atoms. The Balaban J connectivity index is 1.99. The summed E-state index contributed by atoms with van der Waals surface area (Å²) in [6, 6.07) is 0. The summed E-state index contributed by atoms with van der Waals surface area (Å²) in [7, 11) is 0. The monoisotopic (exact) mass is 395 g/mol. The van der Waals surface area contributed by atoms with Gasteiger partial charge < -0.3 is 10.2 Å². The molecule has 1 aliphatic rings. The molecule has 1 aliphatic heterocycles. The van der Waals surface area contributed by atoms with Gasteiger partial charge in [-0.05, 0) is 32.1 Å². The lowest BCUT2D eigenvalue weighted by molar-refractivity contribution is -0.521. The molecule has 0 amide bonds. The van der Waals surface area contributed by atoms with Gasteiger partial charge >= 0.3 is 0 Å². The van der Waals surface area contributed by atoms with E-state index in [0.717, 1.165) is 32.6 Å². The van der Waals surface area contributed by atoms with Gasteiger partial charge in [0.05, 0.1) is 13.2 Å². The molecule has 0 unspecified atom stereocenters. The summed E-state index contributed by atoms with van der Waals surface area (Å²) in [4.78, 5) is 2.30. The van der Waals surface area contributed by atoms with Gasteiger partial charge in [-0.3, -0.25) is 9.48 Å². The van der Waals surface area contributed by atoms with E-state index in [4.69, 9.17) is 0 Å². The third kappa shape index (κ3) is 11.9. The van der Waals surface area contributed by atoms with Gasteiger partial charge in [-0.2, -0.15) is 0 Å². The minimum Gasteiger partial charge on any atom is -0.392 e. The molecule has 28 heavy (non-hydrogen) atoms. The molecule has 1 rings (SSSR count). The Bertz CT molecular complexity index is 421. The molecular formula is C24H47N2O2+. The summed E-state index contributed by atoms with van der Waals surface area (Å²) >= 11 is 0. The fourth-order valence-corrected chi connectivity index (χ4v) is 4.09. The smallest absolute Gasteiger partial charge is 0.247 e. The third-order valence-corrected chi connectivity index (χ3v) is 5.77. The van der Waals surface area contributed by atoms with Crippen LogP contribution in [-0.4, -0.2) is 64.9 Å². The molecular weight excluding hydrogens is 348 g/mol. The number of aliphatic hydroxyl groups excluding tert-OH is 2. The molecule has 0 aliphatic carbocycles.